The fourth-order valence-electron chi connectivity index (χ4n) is 2.25. The summed E-state index contributed by atoms with van der Waals surface area (Å²) >= 11 is 0. The molecule has 1 unspecified atom stereocenters. The maximum Gasteiger partial charge on any atom is 0.352 e. The molecule has 1 N–H and O–H groups in total. The summed E-state index contributed by atoms with van der Waals surface area (Å²) in [6.07, 6.45) is 3.22. The Kier molecular flexibility index (Phi) is 2.13. The standard InChI is InChI=1S/C14H11NO3/c1-14(13(16)17)11-5-3-2-4-9(11)10-6-7-15-8-12(10)18-14/h2-8H,1H3,(H,16,17). The Morgan fingerprint density at radius 1 is 1.28 bits per heavy atom. The molecule has 0 fully saturated rings. The van der Waals surface area contributed by atoms with E-state index in [0.717, 1.165) is 11.1 Å². The molecule has 1 aromatic heterocycles. The van der Waals surface area contributed by atoms with Crippen molar-refractivity contribution in [2.45, 2.75) is 12.5 Å². The third-order valence-electron chi connectivity index (χ3n) is 3.24. The number of carboxylic acids is 1. The van der Waals surface area contributed by atoms with Crippen molar-refractivity contribution < 1.29 is 14.6 Å². The van der Waals surface area contributed by atoms with Crippen molar-refractivity contribution in [3.8, 4) is 16.9 Å². The molecule has 0 amide bonds. The molecule has 0 saturated heterocycles. The Labute approximate surface area is 104 Å². The molecule has 1 aromatic carbocycles. The molecule has 3 rings (SSSR count). The van der Waals surface area contributed by atoms with E-state index in [4.69, 9.17) is 4.74 Å². The zero-order valence-corrected chi connectivity index (χ0v) is 9.75. The van der Waals surface area contributed by atoms with Gasteiger partial charge in [0.25, 0.3) is 0 Å². The van der Waals surface area contributed by atoms with Crippen LogP contribution in [-0.2, 0) is 10.4 Å². The molecule has 2 heterocycles. The molecule has 0 saturated carbocycles. The second kappa shape index (κ2) is 3.57. The van der Waals surface area contributed by atoms with E-state index in [1.807, 2.05) is 24.3 Å². The Morgan fingerprint density at radius 2 is 2.06 bits per heavy atom. The number of hydrogen-bond acceptors (Lipinski definition) is 3. The molecule has 0 aliphatic carbocycles. The summed E-state index contributed by atoms with van der Waals surface area (Å²) in [4.78, 5) is 15.5. The highest BCUT2D eigenvalue weighted by Crippen LogP contribution is 2.44. The lowest BCUT2D eigenvalue weighted by atomic mass is 9.85. The molecule has 0 radical (unpaired) electrons. The minimum Gasteiger partial charge on any atom is -0.478 e. The molecule has 4 nitrogen and oxygen atoms in total. The first-order chi connectivity index (χ1) is 8.63. The van der Waals surface area contributed by atoms with Crippen molar-refractivity contribution in [1.29, 1.82) is 0 Å². The van der Waals surface area contributed by atoms with Crippen LogP contribution in [-0.4, -0.2) is 16.1 Å². The quantitative estimate of drug-likeness (QED) is 0.833. The van der Waals surface area contributed by atoms with Gasteiger partial charge in [0.05, 0.1) is 6.20 Å². The summed E-state index contributed by atoms with van der Waals surface area (Å²) in [6.45, 7) is 1.56. The molecule has 18 heavy (non-hydrogen) atoms. The predicted molar refractivity (Wildman–Crippen MR) is 65.3 cm³/mol. The molecule has 4 heteroatoms. The van der Waals surface area contributed by atoms with E-state index >= 15 is 0 Å². The van der Waals surface area contributed by atoms with E-state index in [1.165, 1.54) is 0 Å². The largest absolute Gasteiger partial charge is 0.478 e. The second-order valence-corrected chi connectivity index (χ2v) is 4.36. The van der Waals surface area contributed by atoms with E-state index < -0.39 is 11.6 Å². The zero-order chi connectivity index (χ0) is 12.8. The van der Waals surface area contributed by atoms with Crippen LogP contribution in [0.5, 0.6) is 5.75 Å². The number of nitrogens with zero attached hydrogens (tertiary/aromatic N) is 1. The highest BCUT2D eigenvalue weighted by Gasteiger charge is 2.43. The summed E-state index contributed by atoms with van der Waals surface area (Å²) in [5.41, 5.74) is 1.05. The number of carbonyl (C=O) groups is 1. The van der Waals surface area contributed by atoms with Crippen molar-refractivity contribution >= 4 is 5.97 Å². The van der Waals surface area contributed by atoms with Crippen LogP contribution in [0.15, 0.2) is 42.7 Å². The second-order valence-electron chi connectivity index (χ2n) is 4.36. The molecule has 1 aliphatic rings. The predicted octanol–water partition coefficient (Wildman–Crippen LogP) is 2.44. The molecular weight excluding hydrogens is 230 g/mol. The van der Waals surface area contributed by atoms with Crippen LogP contribution in [0.1, 0.15) is 12.5 Å². The van der Waals surface area contributed by atoms with Gasteiger partial charge in [-0.15, -0.1) is 0 Å². The number of aromatic nitrogens is 1. The summed E-state index contributed by atoms with van der Waals surface area (Å²) in [6, 6.07) is 9.21. The Morgan fingerprint density at radius 3 is 2.83 bits per heavy atom. The van der Waals surface area contributed by atoms with E-state index in [0.29, 0.717) is 11.3 Å². The molecular formula is C14H11NO3. The van der Waals surface area contributed by atoms with Crippen molar-refractivity contribution in [3.63, 3.8) is 0 Å². The number of benzene rings is 1. The van der Waals surface area contributed by atoms with Gasteiger partial charge < -0.3 is 9.84 Å². The van der Waals surface area contributed by atoms with Crippen LogP contribution in [0.3, 0.4) is 0 Å². The topological polar surface area (TPSA) is 59.4 Å². The van der Waals surface area contributed by atoms with Crippen LogP contribution >= 0.6 is 0 Å². The Balaban J connectivity index is 2.33. The maximum absolute atomic E-state index is 11.5. The van der Waals surface area contributed by atoms with Crippen LogP contribution in [0.2, 0.25) is 0 Å². The van der Waals surface area contributed by atoms with E-state index in [1.54, 1.807) is 25.4 Å². The first-order valence-corrected chi connectivity index (χ1v) is 5.59. The van der Waals surface area contributed by atoms with Crippen LogP contribution in [0, 0.1) is 0 Å². The lowest BCUT2D eigenvalue weighted by molar-refractivity contribution is -0.154. The first-order valence-electron chi connectivity index (χ1n) is 5.59. The number of fused-ring (bicyclic) bond motifs is 3. The van der Waals surface area contributed by atoms with Gasteiger partial charge in [-0.05, 0) is 18.6 Å². The van der Waals surface area contributed by atoms with Gasteiger partial charge in [-0.3, -0.25) is 4.98 Å². The van der Waals surface area contributed by atoms with Gasteiger partial charge in [-0.1, -0.05) is 24.3 Å². The number of hydrogen-bond donors (Lipinski definition) is 1. The van der Waals surface area contributed by atoms with Gasteiger partial charge in [0.2, 0.25) is 5.60 Å². The van der Waals surface area contributed by atoms with E-state index in [-0.39, 0.29) is 0 Å². The van der Waals surface area contributed by atoms with Crippen LogP contribution < -0.4 is 4.74 Å². The van der Waals surface area contributed by atoms with E-state index in [2.05, 4.69) is 4.98 Å². The fourth-order valence-corrected chi connectivity index (χ4v) is 2.25. The zero-order valence-electron chi connectivity index (χ0n) is 9.75. The summed E-state index contributed by atoms with van der Waals surface area (Å²) < 4.78 is 5.65. The number of pyridine rings is 1. The van der Waals surface area contributed by atoms with Crippen molar-refractivity contribution in [1.82, 2.24) is 4.98 Å². The molecule has 0 bridgehead atoms. The van der Waals surface area contributed by atoms with Gasteiger partial charge >= 0.3 is 5.97 Å². The van der Waals surface area contributed by atoms with Gasteiger partial charge in [0, 0.05) is 17.3 Å². The maximum atomic E-state index is 11.5. The minimum atomic E-state index is -1.37. The van der Waals surface area contributed by atoms with Crippen LogP contribution in [0.4, 0.5) is 0 Å². The summed E-state index contributed by atoms with van der Waals surface area (Å²) in [5, 5.41) is 9.42. The summed E-state index contributed by atoms with van der Waals surface area (Å²) in [5.74, 6) is -0.509. The van der Waals surface area contributed by atoms with Gasteiger partial charge in [-0.25, -0.2) is 4.79 Å². The van der Waals surface area contributed by atoms with Gasteiger partial charge in [0.1, 0.15) is 5.75 Å². The lowest BCUT2D eigenvalue weighted by Crippen LogP contribution is -2.40. The van der Waals surface area contributed by atoms with Crippen LogP contribution in [0.25, 0.3) is 11.1 Å². The lowest BCUT2D eigenvalue weighted by Gasteiger charge is -2.33. The molecule has 0 spiro atoms. The fraction of sp³-hybridized carbons (Fsp3) is 0.143. The molecule has 1 atom stereocenters. The summed E-state index contributed by atoms with van der Waals surface area (Å²) in [7, 11) is 0. The van der Waals surface area contributed by atoms with Gasteiger partial charge in [-0.2, -0.15) is 0 Å². The Hall–Kier alpha value is -2.36. The SMILES string of the molecule is CC1(C(=O)O)Oc2cnccc2-c2ccccc21. The minimum absolute atomic E-state index is 0.501. The van der Waals surface area contributed by atoms with Crippen molar-refractivity contribution in [3.05, 3.63) is 48.3 Å². The molecule has 2 aromatic rings. The smallest absolute Gasteiger partial charge is 0.352 e. The molecule has 90 valence electrons. The first kappa shape index (κ1) is 10.8. The number of carboxylic acid groups (broad SMARTS) is 1. The highest BCUT2D eigenvalue weighted by molar-refractivity contribution is 5.87. The third kappa shape index (κ3) is 1.32. The van der Waals surface area contributed by atoms with Gasteiger partial charge in [0.15, 0.2) is 0 Å². The Bertz CT molecular complexity index is 638. The monoisotopic (exact) mass is 241 g/mol. The average Bonchev–Trinajstić information content (AvgIpc) is 2.39. The van der Waals surface area contributed by atoms with E-state index in [9.17, 15) is 9.90 Å². The molecule has 1 aliphatic heterocycles. The van der Waals surface area contributed by atoms with Crippen molar-refractivity contribution in [2.75, 3.05) is 0 Å². The number of rotatable bonds is 1. The van der Waals surface area contributed by atoms with Crippen molar-refractivity contribution in [2.24, 2.45) is 0 Å². The highest BCUT2D eigenvalue weighted by atomic mass is 16.5. The number of aliphatic carboxylic acids is 1. The normalized spacial score (nSPS) is 20.5. The number of ether oxygens (including phenoxy) is 1. The average molecular weight is 241 g/mol. The third-order valence-corrected chi connectivity index (χ3v) is 3.24.